The van der Waals surface area contributed by atoms with Crippen LogP contribution in [0.4, 0.5) is 5.69 Å². The van der Waals surface area contributed by atoms with Gasteiger partial charge in [0.05, 0.1) is 0 Å². The molecule has 19 heavy (non-hydrogen) atoms. The minimum Gasteiger partial charge on any atom is -0.396 e. The van der Waals surface area contributed by atoms with Crippen molar-refractivity contribution in [1.82, 2.24) is 0 Å². The standard InChI is InChI=1S/C17H21NO/c1-13-4-3-5-16(14(13)2)12-18-17-8-6-15(7-9-17)10-11-19/h3-9,18-19H,10-12H2,1-2H3. The van der Waals surface area contributed by atoms with Crippen molar-refractivity contribution in [3.63, 3.8) is 0 Å². The maximum atomic E-state index is 8.88. The molecule has 0 saturated heterocycles. The minimum absolute atomic E-state index is 0.204. The second-order valence-electron chi connectivity index (χ2n) is 4.88. The summed E-state index contributed by atoms with van der Waals surface area (Å²) in [7, 11) is 0. The second kappa shape index (κ2) is 6.39. The Labute approximate surface area is 115 Å². The van der Waals surface area contributed by atoms with Crippen LogP contribution in [0.1, 0.15) is 22.3 Å². The SMILES string of the molecule is Cc1cccc(CNc2ccc(CCO)cc2)c1C. The van der Waals surface area contributed by atoms with Crippen LogP contribution in [0.5, 0.6) is 0 Å². The predicted octanol–water partition coefficient (Wildman–Crippen LogP) is 3.45. The summed E-state index contributed by atoms with van der Waals surface area (Å²) in [5.41, 5.74) is 6.30. The van der Waals surface area contributed by atoms with Crippen LogP contribution in [0.3, 0.4) is 0 Å². The lowest BCUT2D eigenvalue weighted by Gasteiger charge is -2.11. The van der Waals surface area contributed by atoms with Crippen molar-refractivity contribution in [3.8, 4) is 0 Å². The molecule has 2 aromatic rings. The lowest BCUT2D eigenvalue weighted by atomic mass is 10.0. The van der Waals surface area contributed by atoms with Gasteiger partial charge in [-0.15, -0.1) is 0 Å². The number of hydrogen-bond acceptors (Lipinski definition) is 2. The number of hydrogen-bond donors (Lipinski definition) is 2. The van der Waals surface area contributed by atoms with Gasteiger partial charge in [-0.3, -0.25) is 0 Å². The molecule has 0 aliphatic rings. The zero-order valence-electron chi connectivity index (χ0n) is 11.6. The van der Waals surface area contributed by atoms with E-state index in [1.165, 1.54) is 22.3 Å². The van der Waals surface area contributed by atoms with E-state index in [1.54, 1.807) is 0 Å². The first-order valence-electron chi connectivity index (χ1n) is 6.69. The average Bonchev–Trinajstić information content (AvgIpc) is 2.42. The van der Waals surface area contributed by atoms with Crippen LogP contribution in [-0.2, 0) is 13.0 Å². The molecule has 0 spiro atoms. The van der Waals surface area contributed by atoms with Gasteiger partial charge < -0.3 is 10.4 Å². The monoisotopic (exact) mass is 255 g/mol. The lowest BCUT2D eigenvalue weighted by Crippen LogP contribution is -2.02. The molecule has 0 bridgehead atoms. The number of anilines is 1. The molecule has 0 unspecified atom stereocenters. The van der Waals surface area contributed by atoms with Gasteiger partial charge in [0.25, 0.3) is 0 Å². The van der Waals surface area contributed by atoms with E-state index in [2.05, 4.69) is 61.6 Å². The summed E-state index contributed by atoms with van der Waals surface area (Å²) < 4.78 is 0. The molecular formula is C17H21NO. The molecule has 0 radical (unpaired) electrons. The number of benzene rings is 2. The summed E-state index contributed by atoms with van der Waals surface area (Å²) in [6, 6.07) is 14.7. The molecule has 0 saturated carbocycles. The first-order chi connectivity index (χ1) is 9.20. The summed E-state index contributed by atoms with van der Waals surface area (Å²) in [6.45, 7) is 5.35. The maximum absolute atomic E-state index is 8.88. The van der Waals surface area contributed by atoms with E-state index in [1.807, 2.05) is 0 Å². The highest BCUT2D eigenvalue weighted by Crippen LogP contribution is 2.16. The van der Waals surface area contributed by atoms with Crippen LogP contribution in [0, 0.1) is 13.8 Å². The van der Waals surface area contributed by atoms with Crippen molar-refractivity contribution in [2.24, 2.45) is 0 Å². The third-order valence-corrected chi connectivity index (χ3v) is 3.55. The number of aliphatic hydroxyl groups is 1. The van der Waals surface area contributed by atoms with Crippen molar-refractivity contribution in [3.05, 3.63) is 64.7 Å². The fourth-order valence-electron chi connectivity index (χ4n) is 2.12. The lowest BCUT2D eigenvalue weighted by molar-refractivity contribution is 0.299. The summed E-state index contributed by atoms with van der Waals surface area (Å²) in [5, 5.41) is 12.3. The van der Waals surface area contributed by atoms with E-state index < -0.39 is 0 Å². The molecule has 2 rings (SSSR count). The second-order valence-corrected chi connectivity index (χ2v) is 4.88. The Balaban J connectivity index is 2.00. The van der Waals surface area contributed by atoms with Gasteiger partial charge in [-0.25, -0.2) is 0 Å². The van der Waals surface area contributed by atoms with Gasteiger partial charge in [-0.1, -0.05) is 30.3 Å². The van der Waals surface area contributed by atoms with Gasteiger partial charge in [0.15, 0.2) is 0 Å². The van der Waals surface area contributed by atoms with Gasteiger partial charge in [-0.05, 0) is 54.7 Å². The Morgan fingerprint density at radius 2 is 1.74 bits per heavy atom. The third-order valence-electron chi connectivity index (χ3n) is 3.55. The molecule has 2 heteroatoms. The smallest absolute Gasteiger partial charge is 0.0471 e. The molecule has 0 heterocycles. The molecule has 2 nitrogen and oxygen atoms in total. The van der Waals surface area contributed by atoms with Crippen LogP contribution in [0.15, 0.2) is 42.5 Å². The fourth-order valence-corrected chi connectivity index (χ4v) is 2.12. The number of rotatable bonds is 5. The highest BCUT2D eigenvalue weighted by Gasteiger charge is 2.00. The topological polar surface area (TPSA) is 32.3 Å². The van der Waals surface area contributed by atoms with Crippen molar-refractivity contribution in [2.45, 2.75) is 26.8 Å². The summed E-state index contributed by atoms with van der Waals surface area (Å²) in [4.78, 5) is 0. The molecule has 2 aromatic carbocycles. The van der Waals surface area contributed by atoms with Crippen molar-refractivity contribution in [1.29, 1.82) is 0 Å². The molecule has 0 aromatic heterocycles. The first-order valence-corrected chi connectivity index (χ1v) is 6.69. The fraction of sp³-hybridized carbons (Fsp3) is 0.294. The Bertz CT molecular complexity index is 531. The van der Waals surface area contributed by atoms with Crippen LogP contribution < -0.4 is 5.32 Å². The molecule has 0 aliphatic heterocycles. The number of nitrogens with one attached hydrogen (secondary N) is 1. The Hall–Kier alpha value is -1.80. The summed E-state index contributed by atoms with van der Waals surface area (Å²) in [5.74, 6) is 0. The number of aliphatic hydroxyl groups excluding tert-OH is 1. The van der Waals surface area contributed by atoms with Crippen molar-refractivity contribution < 1.29 is 5.11 Å². The molecule has 0 amide bonds. The zero-order chi connectivity index (χ0) is 13.7. The van der Waals surface area contributed by atoms with Gasteiger partial charge in [-0.2, -0.15) is 0 Å². The van der Waals surface area contributed by atoms with E-state index in [9.17, 15) is 0 Å². The molecule has 0 fully saturated rings. The minimum atomic E-state index is 0.204. The molecule has 100 valence electrons. The number of aryl methyl sites for hydroxylation is 1. The average molecular weight is 255 g/mol. The maximum Gasteiger partial charge on any atom is 0.0471 e. The Morgan fingerprint density at radius 1 is 1.00 bits per heavy atom. The van der Waals surface area contributed by atoms with Gasteiger partial charge in [0, 0.05) is 18.8 Å². The predicted molar refractivity (Wildman–Crippen MR) is 80.5 cm³/mol. The third kappa shape index (κ3) is 3.58. The molecular weight excluding hydrogens is 234 g/mol. The van der Waals surface area contributed by atoms with E-state index in [0.717, 1.165) is 18.7 Å². The van der Waals surface area contributed by atoms with E-state index in [0.29, 0.717) is 0 Å². The normalized spacial score (nSPS) is 10.5. The molecule has 0 atom stereocenters. The van der Waals surface area contributed by atoms with Gasteiger partial charge >= 0.3 is 0 Å². The summed E-state index contributed by atoms with van der Waals surface area (Å²) >= 11 is 0. The quantitative estimate of drug-likeness (QED) is 0.857. The Morgan fingerprint density at radius 3 is 2.42 bits per heavy atom. The van der Waals surface area contributed by atoms with Crippen molar-refractivity contribution >= 4 is 5.69 Å². The van der Waals surface area contributed by atoms with E-state index >= 15 is 0 Å². The van der Waals surface area contributed by atoms with Crippen LogP contribution in [0.25, 0.3) is 0 Å². The first kappa shape index (κ1) is 13.6. The molecule has 0 aliphatic carbocycles. The van der Waals surface area contributed by atoms with Crippen LogP contribution >= 0.6 is 0 Å². The van der Waals surface area contributed by atoms with E-state index in [-0.39, 0.29) is 6.61 Å². The Kier molecular flexibility index (Phi) is 4.58. The summed E-state index contributed by atoms with van der Waals surface area (Å²) in [6.07, 6.45) is 0.720. The van der Waals surface area contributed by atoms with Gasteiger partial charge in [0.2, 0.25) is 0 Å². The van der Waals surface area contributed by atoms with Crippen LogP contribution in [0.2, 0.25) is 0 Å². The highest BCUT2D eigenvalue weighted by molar-refractivity contribution is 5.46. The largest absolute Gasteiger partial charge is 0.396 e. The van der Waals surface area contributed by atoms with E-state index in [4.69, 9.17) is 5.11 Å². The zero-order valence-corrected chi connectivity index (χ0v) is 11.6. The van der Waals surface area contributed by atoms with Crippen molar-refractivity contribution in [2.75, 3.05) is 11.9 Å². The van der Waals surface area contributed by atoms with Gasteiger partial charge in [0.1, 0.15) is 0 Å². The highest BCUT2D eigenvalue weighted by atomic mass is 16.2. The van der Waals surface area contributed by atoms with Crippen LogP contribution in [-0.4, -0.2) is 11.7 Å². The molecule has 2 N–H and O–H groups in total.